The van der Waals surface area contributed by atoms with Gasteiger partial charge < -0.3 is 4.18 Å². The molecule has 23 heavy (non-hydrogen) atoms. The molecule has 2 aromatic rings. The van der Waals surface area contributed by atoms with Crippen molar-refractivity contribution in [3.8, 4) is 5.75 Å². The highest BCUT2D eigenvalue weighted by molar-refractivity contribution is 7.87. The molecule has 0 heterocycles. The van der Waals surface area contributed by atoms with Gasteiger partial charge in [-0.05, 0) is 49.6 Å². The maximum Gasteiger partial charge on any atom is 0.339 e. The Bertz CT molecular complexity index is 893. The summed E-state index contributed by atoms with van der Waals surface area (Å²) in [4.78, 5) is 10.1. The fourth-order valence-corrected chi connectivity index (χ4v) is 3.48. The fourth-order valence-electron chi connectivity index (χ4n) is 2.01. The van der Waals surface area contributed by atoms with Crippen LogP contribution in [-0.2, 0) is 10.1 Å². The van der Waals surface area contributed by atoms with Gasteiger partial charge in [0.15, 0.2) is 5.75 Å². The lowest BCUT2D eigenvalue weighted by atomic mass is 10.1. The van der Waals surface area contributed by atoms with Gasteiger partial charge in [-0.15, -0.1) is 0 Å². The molecule has 122 valence electrons. The minimum absolute atomic E-state index is 0.0183. The number of rotatable bonds is 4. The number of nitro groups is 1. The molecule has 0 aromatic heterocycles. The van der Waals surface area contributed by atoms with Crippen LogP contribution in [0.4, 0.5) is 5.69 Å². The molecule has 0 saturated heterocycles. The Hall–Kier alpha value is -2.12. The molecular weight excluding hydrogens is 342 g/mol. The van der Waals surface area contributed by atoms with Crippen LogP contribution >= 0.6 is 11.6 Å². The van der Waals surface area contributed by atoms with Crippen LogP contribution in [0.3, 0.4) is 0 Å². The molecule has 6 nitrogen and oxygen atoms in total. The van der Waals surface area contributed by atoms with Gasteiger partial charge in [0.1, 0.15) is 4.90 Å². The van der Waals surface area contributed by atoms with E-state index in [1.807, 2.05) is 0 Å². The van der Waals surface area contributed by atoms with Crippen molar-refractivity contribution < 1.29 is 17.5 Å². The lowest BCUT2D eigenvalue weighted by Crippen LogP contribution is -2.13. The van der Waals surface area contributed by atoms with Crippen molar-refractivity contribution in [3.05, 3.63) is 62.2 Å². The number of hydrogen-bond donors (Lipinski definition) is 0. The van der Waals surface area contributed by atoms with Crippen LogP contribution in [0.15, 0.2) is 35.2 Å². The normalized spacial score (nSPS) is 11.3. The van der Waals surface area contributed by atoms with E-state index in [0.29, 0.717) is 11.1 Å². The molecule has 0 fully saturated rings. The summed E-state index contributed by atoms with van der Waals surface area (Å²) in [7, 11) is -4.25. The minimum atomic E-state index is -4.25. The number of nitro benzene ring substituents is 1. The van der Waals surface area contributed by atoms with Gasteiger partial charge in [0.05, 0.1) is 9.95 Å². The van der Waals surface area contributed by atoms with Crippen LogP contribution in [-0.4, -0.2) is 13.3 Å². The predicted molar refractivity (Wildman–Crippen MR) is 86.6 cm³/mol. The Morgan fingerprint density at radius 3 is 2.39 bits per heavy atom. The van der Waals surface area contributed by atoms with Gasteiger partial charge in [0.2, 0.25) is 0 Å². The Morgan fingerprint density at radius 2 is 1.78 bits per heavy atom. The minimum Gasteiger partial charge on any atom is -0.377 e. The number of halogens is 1. The van der Waals surface area contributed by atoms with Crippen molar-refractivity contribution in [2.75, 3.05) is 0 Å². The molecule has 0 amide bonds. The molecule has 0 saturated carbocycles. The zero-order chi connectivity index (χ0) is 17.4. The van der Waals surface area contributed by atoms with Crippen molar-refractivity contribution in [3.63, 3.8) is 0 Å². The van der Waals surface area contributed by atoms with E-state index in [0.717, 1.165) is 11.6 Å². The van der Waals surface area contributed by atoms with Crippen molar-refractivity contribution in [1.82, 2.24) is 0 Å². The first-order valence-electron chi connectivity index (χ1n) is 6.58. The van der Waals surface area contributed by atoms with Gasteiger partial charge in [0.25, 0.3) is 5.69 Å². The quantitative estimate of drug-likeness (QED) is 0.471. The zero-order valence-corrected chi connectivity index (χ0v) is 14.2. The van der Waals surface area contributed by atoms with Gasteiger partial charge in [0, 0.05) is 12.1 Å². The van der Waals surface area contributed by atoms with Crippen LogP contribution < -0.4 is 4.18 Å². The fraction of sp³-hybridized carbons (Fsp3) is 0.200. The summed E-state index contributed by atoms with van der Waals surface area (Å²) in [6.45, 7) is 4.92. The maximum atomic E-state index is 12.5. The van der Waals surface area contributed by atoms with Gasteiger partial charge in [-0.25, -0.2) is 0 Å². The SMILES string of the molecule is Cc1ccc(Cl)c(OS(=O)(=O)c2cc([N+](=O)[O-])cc(C)c2C)c1. The largest absolute Gasteiger partial charge is 0.377 e. The molecule has 0 bridgehead atoms. The lowest BCUT2D eigenvalue weighted by molar-refractivity contribution is -0.385. The Balaban J connectivity index is 2.56. The van der Waals surface area contributed by atoms with Gasteiger partial charge in [-0.1, -0.05) is 17.7 Å². The van der Waals surface area contributed by atoms with Crippen LogP contribution in [0.1, 0.15) is 16.7 Å². The smallest absolute Gasteiger partial charge is 0.339 e. The molecule has 0 radical (unpaired) electrons. The monoisotopic (exact) mass is 355 g/mol. The molecular formula is C15H14ClNO5S. The average Bonchev–Trinajstić information content (AvgIpc) is 2.44. The van der Waals surface area contributed by atoms with E-state index in [1.165, 1.54) is 18.2 Å². The Morgan fingerprint density at radius 1 is 1.13 bits per heavy atom. The summed E-state index contributed by atoms with van der Waals surface area (Å²) >= 11 is 5.94. The van der Waals surface area contributed by atoms with E-state index in [4.69, 9.17) is 15.8 Å². The van der Waals surface area contributed by atoms with E-state index in [2.05, 4.69) is 0 Å². The number of benzene rings is 2. The standard InChI is InChI=1S/C15H14ClNO5S/c1-9-4-5-13(16)14(6-9)22-23(20,21)15-8-12(17(18)19)7-10(2)11(15)3/h4-8H,1-3H3. The Kier molecular flexibility index (Phi) is 4.63. The molecule has 8 heteroatoms. The average molecular weight is 356 g/mol. The number of non-ortho nitro benzene ring substituents is 1. The highest BCUT2D eigenvalue weighted by Crippen LogP contribution is 2.31. The first-order valence-corrected chi connectivity index (χ1v) is 8.36. The third-order valence-corrected chi connectivity index (χ3v) is 5.04. The van der Waals surface area contributed by atoms with Crippen molar-refractivity contribution >= 4 is 27.4 Å². The third kappa shape index (κ3) is 3.62. The van der Waals surface area contributed by atoms with E-state index >= 15 is 0 Å². The third-order valence-electron chi connectivity index (χ3n) is 3.37. The molecule has 2 aromatic carbocycles. The van der Waals surface area contributed by atoms with E-state index in [9.17, 15) is 18.5 Å². The number of nitrogens with zero attached hydrogens (tertiary/aromatic N) is 1. The van der Waals surface area contributed by atoms with Crippen LogP contribution in [0, 0.1) is 30.9 Å². The van der Waals surface area contributed by atoms with Crippen LogP contribution in [0.5, 0.6) is 5.75 Å². The predicted octanol–water partition coefficient (Wildman–Crippen LogP) is 3.94. The highest BCUT2D eigenvalue weighted by atomic mass is 35.5. The molecule has 0 unspecified atom stereocenters. The molecule has 2 rings (SSSR count). The first kappa shape index (κ1) is 17.2. The summed E-state index contributed by atoms with van der Waals surface area (Å²) < 4.78 is 30.1. The first-order chi connectivity index (χ1) is 10.6. The van der Waals surface area contributed by atoms with E-state index < -0.39 is 15.0 Å². The molecule has 0 N–H and O–H groups in total. The van der Waals surface area contributed by atoms with Crippen LogP contribution in [0.25, 0.3) is 0 Å². The lowest BCUT2D eigenvalue weighted by Gasteiger charge is -2.12. The molecule has 0 atom stereocenters. The summed E-state index contributed by atoms with van der Waals surface area (Å²) in [6, 6.07) is 7.02. The van der Waals surface area contributed by atoms with Gasteiger partial charge in [-0.2, -0.15) is 8.42 Å². The second-order valence-corrected chi connectivity index (χ2v) is 7.04. The van der Waals surface area contributed by atoms with Gasteiger partial charge >= 0.3 is 10.1 Å². The van der Waals surface area contributed by atoms with E-state index in [1.54, 1.807) is 26.8 Å². The summed E-state index contributed by atoms with van der Waals surface area (Å²) in [5.41, 5.74) is 1.33. The van der Waals surface area contributed by atoms with Crippen molar-refractivity contribution in [2.45, 2.75) is 25.7 Å². The molecule has 0 aliphatic carbocycles. The maximum absolute atomic E-state index is 12.5. The Labute approximate surface area is 138 Å². The second kappa shape index (κ2) is 6.17. The van der Waals surface area contributed by atoms with Crippen molar-refractivity contribution in [2.24, 2.45) is 0 Å². The second-order valence-electron chi connectivity index (χ2n) is 5.11. The molecule has 0 aliphatic heterocycles. The summed E-state index contributed by atoms with van der Waals surface area (Å²) in [5, 5.41) is 11.1. The summed E-state index contributed by atoms with van der Waals surface area (Å²) in [5.74, 6) is -0.0183. The topological polar surface area (TPSA) is 86.5 Å². The van der Waals surface area contributed by atoms with Crippen molar-refractivity contribution in [1.29, 1.82) is 0 Å². The number of aryl methyl sites for hydroxylation is 2. The number of hydrogen-bond acceptors (Lipinski definition) is 5. The zero-order valence-electron chi connectivity index (χ0n) is 12.7. The van der Waals surface area contributed by atoms with Crippen LogP contribution in [0.2, 0.25) is 5.02 Å². The molecule has 0 aliphatic rings. The highest BCUT2D eigenvalue weighted by Gasteiger charge is 2.25. The van der Waals surface area contributed by atoms with Gasteiger partial charge in [-0.3, -0.25) is 10.1 Å². The summed E-state index contributed by atoms with van der Waals surface area (Å²) in [6.07, 6.45) is 0. The molecule has 0 spiro atoms. The van der Waals surface area contributed by atoms with E-state index in [-0.39, 0.29) is 21.4 Å².